The van der Waals surface area contributed by atoms with Gasteiger partial charge in [0.2, 0.25) is 0 Å². The van der Waals surface area contributed by atoms with Crippen LogP contribution in [0, 0.1) is 18.3 Å². The van der Waals surface area contributed by atoms with E-state index in [2.05, 4.69) is 15.1 Å². The summed E-state index contributed by atoms with van der Waals surface area (Å²) < 4.78 is 1.25. The first-order valence-electron chi connectivity index (χ1n) is 4.64. The molecule has 84 valence electrons. The zero-order valence-corrected chi connectivity index (χ0v) is 8.82. The fraction of sp³-hybridized carbons (Fsp3) is 0.100. The van der Waals surface area contributed by atoms with E-state index in [4.69, 9.17) is 10.4 Å². The lowest BCUT2D eigenvalue weighted by Crippen LogP contribution is -2.07. The van der Waals surface area contributed by atoms with Crippen molar-refractivity contribution in [1.82, 2.24) is 19.7 Å². The van der Waals surface area contributed by atoms with Crippen molar-refractivity contribution in [3.05, 3.63) is 35.7 Å². The Morgan fingerprint density at radius 1 is 1.53 bits per heavy atom. The Kier molecular flexibility index (Phi) is 2.54. The molecule has 0 atom stereocenters. The largest absolute Gasteiger partial charge is 0.478 e. The maximum absolute atomic E-state index is 11.0. The van der Waals surface area contributed by atoms with E-state index in [0.29, 0.717) is 11.4 Å². The normalized spacial score (nSPS) is 9.88. The summed E-state index contributed by atoms with van der Waals surface area (Å²) in [4.78, 5) is 18.6. The maximum atomic E-state index is 11.0. The minimum Gasteiger partial charge on any atom is -0.478 e. The third-order valence-electron chi connectivity index (χ3n) is 2.09. The van der Waals surface area contributed by atoms with Crippen LogP contribution in [0.2, 0.25) is 0 Å². The fourth-order valence-electron chi connectivity index (χ4n) is 1.33. The summed E-state index contributed by atoms with van der Waals surface area (Å²) in [6.45, 7) is 1.73. The van der Waals surface area contributed by atoms with Crippen molar-refractivity contribution in [2.45, 2.75) is 6.92 Å². The monoisotopic (exact) mass is 229 g/mol. The van der Waals surface area contributed by atoms with E-state index >= 15 is 0 Å². The Morgan fingerprint density at radius 3 is 2.88 bits per heavy atom. The zero-order chi connectivity index (χ0) is 12.4. The number of hydrogen-bond donors (Lipinski definition) is 1. The van der Waals surface area contributed by atoms with Gasteiger partial charge < -0.3 is 5.11 Å². The highest BCUT2D eigenvalue weighted by Gasteiger charge is 2.14. The zero-order valence-electron chi connectivity index (χ0n) is 8.82. The number of carboxylic acid groups (broad SMARTS) is 1. The molecule has 0 spiro atoms. The van der Waals surface area contributed by atoms with Crippen molar-refractivity contribution in [3.63, 3.8) is 0 Å². The lowest BCUT2D eigenvalue weighted by Gasteiger charge is -2.05. The molecule has 2 rings (SSSR count). The highest BCUT2D eigenvalue weighted by Crippen LogP contribution is 2.13. The number of nitrogens with zero attached hydrogens (tertiary/aromatic N) is 5. The van der Waals surface area contributed by atoms with Crippen LogP contribution in [0.4, 0.5) is 0 Å². The first-order valence-corrected chi connectivity index (χ1v) is 4.64. The van der Waals surface area contributed by atoms with Gasteiger partial charge in [0, 0.05) is 11.9 Å². The smallest absolute Gasteiger partial charge is 0.339 e. The molecular formula is C10H7N5O2. The number of aromatic carboxylic acids is 1. The van der Waals surface area contributed by atoms with Crippen molar-refractivity contribution in [2.75, 3.05) is 0 Å². The van der Waals surface area contributed by atoms with E-state index in [1.54, 1.807) is 19.1 Å². The van der Waals surface area contributed by atoms with Crippen LogP contribution in [0.1, 0.15) is 21.9 Å². The SMILES string of the molecule is Cc1cc(-n2cnc(C#N)n2)c(C(=O)O)cn1. The number of aryl methyl sites for hydroxylation is 1. The molecule has 0 aliphatic rings. The molecule has 2 aromatic rings. The first-order chi connectivity index (χ1) is 8.11. The van der Waals surface area contributed by atoms with E-state index in [9.17, 15) is 4.79 Å². The standard InChI is InChI=1S/C10H7N5O2/c1-6-2-8(7(4-12-6)10(16)17)15-5-13-9(3-11)14-15/h2,4-5H,1H3,(H,16,17). The summed E-state index contributed by atoms with van der Waals surface area (Å²) in [5, 5.41) is 21.5. The third kappa shape index (κ3) is 1.96. The molecule has 7 nitrogen and oxygen atoms in total. The molecule has 2 heterocycles. The molecule has 7 heteroatoms. The van der Waals surface area contributed by atoms with Crippen LogP contribution in [0.25, 0.3) is 5.69 Å². The van der Waals surface area contributed by atoms with Gasteiger partial charge in [0.05, 0.1) is 5.69 Å². The second-order valence-electron chi connectivity index (χ2n) is 3.27. The Morgan fingerprint density at radius 2 is 2.29 bits per heavy atom. The Balaban J connectivity index is 2.61. The lowest BCUT2D eigenvalue weighted by molar-refractivity contribution is 0.0696. The van der Waals surface area contributed by atoms with E-state index in [0.717, 1.165) is 0 Å². The molecule has 0 radical (unpaired) electrons. The predicted octanol–water partition coefficient (Wildman–Crippen LogP) is 0.541. The van der Waals surface area contributed by atoms with Crippen molar-refractivity contribution in [1.29, 1.82) is 5.26 Å². The molecule has 0 aliphatic carbocycles. The van der Waals surface area contributed by atoms with Crippen LogP contribution in [-0.4, -0.2) is 30.8 Å². The van der Waals surface area contributed by atoms with Crippen molar-refractivity contribution < 1.29 is 9.90 Å². The molecule has 0 saturated carbocycles. The van der Waals surface area contributed by atoms with E-state index in [-0.39, 0.29) is 11.4 Å². The second kappa shape index (κ2) is 4.02. The van der Waals surface area contributed by atoms with Crippen molar-refractivity contribution >= 4 is 5.97 Å². The number of carbonyl (C=O) groups is 1. The number of nitriles is 1. The summed E-state index contributed by atoms with van der Waals surface area (Å²) in [6.07, 6.45) is 2.54. The van der Waals surface area contributed by atoms with Gasteiger partial charge in [0.1, 0.15) is 18.0 Å². The molecule has 0 unspecified atom stereocenters. The summed E-state index contributed by atoms with van der Waals surface area (Å²) in [5.74, 6) is -1.13. The molecule has 17 heavy (non-hydrogen) atoms. The molecule has 0 aliphatic heterocycles. The van der Waals surface area contributed by atoms with Gasteiger partial charge in [0.15, 0.2) is 0 Å². The van der Waals surface area contributed by atoms with Gasteiger partial charge in [0.25, 0.3) is 5.82 Å². The molecule has 0 aromatic carbocycles. The average molecular weight is 229 g/mol. The quantitative estimate of drug-likeness (QED) is 0.805. The van der Waals surface area contributed by atoms with Gasteiger partial charge in [-0.2, -0.15) is 5.26 Å². The van der Waals surface area contributed by atoms with Crippen LogP contribution in [-0.2, 0) is 0 Å². The molecule has 2 aromatic heterocycles. The average Bonchev–Trinajstić information content (AvgIpc) is 2.76. The van der Waals surface area contributed by atoms with Crippen LogP contribution >= 0.6 is 0 Å². The van der Waals surface area contributed by atoms with Crippen LogP contribution < -0.4 is 0 Å². The van der Waals surface area contributed by atoms with Crippen molar-refractivity contribution in [3.8, 4) is 11.8 Å². The highest BCUT2D eigenvalue weighted by atomic mass is 16.4. The van der Waals surface area contributed by atoms with Gasteiger partial charge in [-0.05, 0) is 13.0 Å². The van der Waals surface area contributed by atoms with Gasteiger partial charge in [-0.1, -0.05) is 0 Å². The third-order valence-corrected chi connectivity index (χ3v) is 2.09. The number of rotatable bonds is 2. The minimum atomic E-state index is -1.11. The van der Waals surface area contributed by atoms with Crippen LogP contribution in [0.5, 0.6) is 0 Å². The Bertz CT molecular complexity index is 626. The lowest BCUT2D eigenvalue weighted by atomic mass is 10.2. The number of aromatic nitrogens is 4. The second-order valence-corrected chi connectivity index (χ2v) is 3.27. The van der Waals surface area contributed by atoms with Crippen molar-refractivity contribution in [2.24, 2.45) is 0 Å². The van der Waals surface area contributed by atoms with Gasteiger partial charge in [-0.15, -0.1) is 5.10 Å². The van der Waals surface area contributed by atoms with Crippen LogP contribution in [0.3, 0.4) is 0 Å². The number of pyridine rings is 1. The molecule has 1 N–H and O–H groups in total. The molecular weight excluding hydrogens is 222 g/mol. The van der Waals surface area contributed by atoms with Gasteiger partial charge in [-0.3, -0.25) is 4.98 Å². The van der Waals surface area contributed by atoms with E-state index in [1.807, 2.05) is 0 Å². The molecule has 0 amide bonds. The summed E-state index contributed by atoms with van der Waals surface area (Å²) >= 11 is 0. The van der Waals surface area contributed by atoms with E-state index < -0.39 is 5.97 Å². The van der Waals surface area contributed by atoms with Gasteiger partial charge in [-0.25, -0.2) is 14.5 Å². The topological polar surface area (TPSA) is 105 Å². The minimum absolute atomic E-state index is 0.00462. The van der Waals surface area contributed by atoms with Crippen LogP contribution in [0.15, 0.2) is 18.6 Å². The number of carboxylic acids is 1. The summed E-state index contributed by atoms with van der Waals surface area (Å²) in [5.41, 5.74) is 0.989. The first kappa shape index (κ1) is 10.8. The molecule has 0 bridgehead atoms. The Hall–Kier alpha value is -2.75. The Labute approximate surface area is 96.0 Å². The maximum Gasteiger partial charge on any atom is 0.339 e. The number of hydrogen-bond acceptors (Lipinski definition) is 5. The molecule has 0 saturated heterocycles. The van der Waals surface area contributed by atoms with E-state index in [1.165, 1.54) is 17.2 Å². The fourth-order valence-corrected chi connectivity index (χ4v) is 1.33. The summed E-state index contributed by atoms with van der Waals surface area (Å²) in [7, 11) is 0. The van der Waals surface area contributed by atoms with Gasteiger partial charge >= 0.3 is 5.97 Å². The molecule has 0 fully saturated rings. The predicted molar refractivity (Wildman–Crippen MR) is 55.6 cm³/mol. The summed E-state index contributed by atoms with van der Waals surface area (Å²) in [6, 6.07) is 3.34. The highest BCUT2D eigenvalue weighted by molar-refractivity contribution is 5.91.